The topological polar surface area (TPSA) is 47.9 Å². The van der Waals surface area contributed by atoms with Crippen LogP contribution < -0.4 is 0 Å². The van der Waals surface area contributed by atoms with Crippen LogP contribution >= 0.6 is 0 Å². The van der Waals surface area contributed by atoms with Gasteiger partial charge in [0.1, 0.15) is 6.10 Å². The van der Waals surface area contributed by atoms with Gasteiger partial charge in [0.25, 0.3) is 5.90 Å². The maximum Gasteiger partial charge on any atom is 0.332 e. The zero-order valence-electron chi connectivity index (χ0n) is 8.79. The highest BCUT2D eigenvalue weighted by Gasteiger charge is 2.17. The largest absolute Gasteiger partial charge is 0.463 e. The Bertz CT molecular complexity index is 437. The van der Waals surface area contributed by atoms with Gasteiger partial charge in [0.05, 0.1) is 0 Å². The van der Waals surface area contributed by atoms with Crippen LogP contribution in [0.25, 0.3) is 0 Å². The van der Waals surface area contributed by atoms with E-state index in [4.69, 9.17) is 4.74 Å². The van der Waals surface area contributed by atoms with Gasteiger partial charge in [-0.15, -0.1) is 0 Å². The van der Waals surface area contributed by atoms with Crippen molar-refractivity contribution in [3.63, 3.8) is 0 Å². The van der Waals surface area contributed by atoms with E-state index in [1.807, 2.05) is 36.4 Å². The molecule has 0 fully saturated rings. The Balaban J connectivity index is 2.02. The van der Waals surface area contributed by atoms with Crippen LogP contribution in [-0.4, -0.2) is 11.9 Å². The van der Waals surface area contributed by atoms with Gasteiger partial charge in [-0.25, -0.2) is 4.79 Å². The Morgan fingerprint density at radius 3 is 2.81 bits per heavy atom. The quantitative estimate of drug-likeness (QED) is 0.563. The van der Waals surface area contributed by atoms with Crippen LogP contribution in [0.3, 0.4) is 0 Å². The predicted octanol–water partition coefficient (Wildman–Crippen LogP) is 2.19. The minimum Gasteiger partial charge on any atom is -0.463 e. The molecule has 1 aliphatic rings. The van der Waals surface area contributed by atoms with Gasteiger partial charge >= 0.3 is 5.97 Å². The number of ether oxygens (including phenoxy) is 1. The molecular formula is C12H11NO3. The molecule has 0 aromatic heterocycles. The van der Waals surface area contributed by atoms with E-state index in [0.717, 1.165) is 5.56 Å². The molecule has 0 bridgehead atoms. The summed E-state index contributed by atoms with van der Waals surface area (Å²) in [5.74, 6) is -0.156. The van der Waals surface area contributed by atoms with Crippen LogP contribution in [0.5, 0.6) is 0 Å². The van der Waals surface area contributed by atoms with Crippen LogP contribution in [0.2, 0.25) is 0 Å². The highest BCUT2D eigenvalue weighted by atomic mass is 16.7. The van der Waals surface area contributed by atoms with E-state index in [-0.39, 0.29) is 6.10 Å². The second-order valence-corrected chi connectivity index (χ2v) is 3.32. The molecule has 0 spiro atoms. The summed E-state index contributed by atoms with van der Waals surface area (Å²) in [5, 5.41) is 3.56. The molecule has 16 heavy (non-hydrogen) atoms. The molecule has 1 unspecified atom stereocenters. The monoisotopic (exact) mass is 217 g/mol. The van der Waals surface area contributed by atoms with E-state index in [9.17, 15) is 4.79 Å². The molecule has 82 valence electrons. The van der Waals surface area contributed by atoms with E-state index < -0.39 is 5.97 Å². The van der Waals surface area contributed by atoms with Crippen molar-refractivity contribution in [3.05, 3.63) is 48.0 Å². The first-order valence-corrected chi connectivity index (χ1v) is 4.91. The molecule has 1 heterocycles. The number of carbonyl (C=O) groups is 1. The summed E-state index contributed by atoms with van der Waals surface area (Å²) in [5.41, 5.74) is 1.03. The molecule has 0 saturated carbocycles. The summed E-state index contributed by atoms with van der Waals surface area (Å²) in [7, 11) is 0. The van der Waals surface area contributed by atoms with Crippen LogP contribution in [0.15, 0.2) is 47.6 Å². The van der Waals surface area contributed by atoms with Gasteiger partial charge in [0.15, 0.2) is 0 Å². The fourth-order valence-corrected chi connectivity index (χ4v) is 1.36. The Morgan fingerprint density at radius 2 is 2.12 bits per heavy atom. The molecule has 1 aliphatic heterocycles. The summed E-state index contributed by atoms with van der Waals surface area (Å²) in [6, 6.07) is 9.74. The van der Waals surface area contributed by atoms with Crippen molar-refractivity contribution in [2.24, 2.45) is 5.16 Å². The van der Waals surface area contributed by atoms with Crippen molar-refractivity contribution in [2.75, 3.05) is 0 Å². The number of oxime groups is 1. The van der Waals surface area contributed by atoms with Crippen molar-refractivity contribution in [1.82, 2.24) is 0 Å². The maximum absolute atomic E-state index is 10.5. The van der Waals surface area contributed by atoms with Crippen molar-refractivity contribution < 1.29 is 14.4 Å². The first-order valence-electron chi connectivity index (χ1n) is 4.91. The molecular weight excluding hydrogens is 206 g/mol. The third-order valence-electron chi connectivity index (χ3n) is 2.05. The molecule has 0 amide bonds. The van der Waals surface area contributed by atoms with Crippen molar-refractivity contribution in [2.45, 2.75) is 13.0 Å². The summed E-state index contributed by atoms with van der Waals surface area (Å²) in [6.07, 6.45) is 3.38. The summed E-state index contributed by atoms with van der Waals surface area (Å²) >= 11 is 0. The van der Waals surface area contributed by atoms with E-state index in [1.165, 1.54) is 6.92 Å². The lowest BCUT2D eigenvalue weighted by molar-refractivity contribution is -0.141. The van der Waals surface area contributed by atoms with Gasteiger partial charge in [-0.2, -0.15) is 0 Å². The number of rotatable bonds is 2. The van der Waals surface area contributed by atoms with Crippen molar-refractivity contribution in [1.29, 1.82) is 0 Å². The lowest BCUT2D eigenvalue weighted by atomic mass is 10.1. The molecule has 0 N–H and O–H groups in total. The molecule has 2 rings (SSSR count). The molecule has 4 heteroatoms. The lowest BCUT2D eigenvalue weighted by Gasteiger charge is -2.09. The van der Waals surface area contributed by atoms with Crippen LogP contribution in [-0.2, 0) is 14.4 Å². The van der Waals surface area contributed by atoms with Gasteiger partial charge in [-0.3, -0.25) is 0 Å². The lowest BCUT2D eigenvalue weighted by Crippen LogP contribution is -2.02. The third-order valence-corrected chi connectivity index (χ3v) is 2.05. The van der Waals surface area contributed by atoms with Crippen LogP contribution in [0.4, 0.5) is 0 Å². The molecule has 1 aromatic rings. The zero-order chi connectivity index (χ0) is 11.4. The standard InChI is InChI=1S/C12H11NO3/c1-9(14)16-13-12-8-7-11(15-12)10-5-3-2-4-6-10/h2-8,11H,1H3/b13-12-. The number of hydrogen-bond donors (Lipinski definition) is 0. The summed E-state index contributed by atoms with van der Waals surface area (Å²) in [4.78, 5) is 15.0. The highest BCUT2D eigenvalue weighted by Crippen LogP contribution is 2.23. The second kappa shape index (κ2) is 4.61. The first kappa shape index (κ1) is 10.4. The number of hydrogen-bond acceptors (Lipinski definition) is 4. The minimum atomic E-state index is -0.465. The average Bonchev–Trinajstić information content (AvgIpc) is 2.76. The fraction of sp³-hybridized carbons (Fsp3) is 0.167. The number of nitrogens with zero attached hydrogens (tertiary/aromatic N) is 1. The minimum absolute atomic E-state index is 0.157. The molecule has 1 aromatic carbocycles. The maximum atomic E-state index is 10.5. The molecule has 0 saturated heterocycles. The van der Waals surface area contributed by atoms with E-state index in [2.05, 4.69) is 9.99 Å². The SMILES string of the molecule is CC(=O)O/N=C1/C=CC(c2ccccc2)O1. The van der Waals surface area contributed by atoms with E-state index >= 15 is 0 Å². The number of carbonyl (C=O) groups excluding carboxylic acids is 1. The zero-order valence-corrected chi connectivity index (χ0v) is 8.79. The van der Waals surface area contributed by atoms with Crippen LogP contribution in [0, 0.1) is 0 Å². The Labute approximate surface area is 93.2 Å². The third kappa shape index (κ3) is 2.48. The van der Waals surface area contributed by atoms with Gasteiger partial charge < -0.3 is 9.57 Å². The van der Waals surface area contributed by atoms with Gasteiger partial charge in [-0.1, -0.05) is 30.3 Å². The van der Waals surface area contributed by atoms with Gasteiger partial charge in [-0.05, 0) is 16.8 Å². The second-order valence-electron chi connectivity index (χ2n) is 3.32. The van der Waals surface area contributed by atoms with Crippen molar-refractivity contribution in [3.8, 4) is 0 Å². The van der Waals surface area contributed by atoms with Gasteiger partial charge in [0, 0.05) is 13.0 Å². The molecule has 0 aliphatic carbocycles. The smallest absolute Gasteiger partial charge is 0.332 e. The summed E-state index contributed by atoms with van der Waals surface area (Å²) < 4.78 is 5.46. The van der Waals surface area contributed by atoms with Gasteiger partial charge in [0.2, 0.25) is 0 Å². The van der Waals surface area contributed by atoms with E-state index in [1.54, 1.807) is 6.08 Å². The average molecular weight is 217 g/mol. The Hall–Kier alpha value is -2.10. The molecule has 4 nitrogen and oxygen atoms in total. The molecule has 0 radical (unpaired) electrons. The van der Waals surface area contributed by atoms with Crippen LogP contribution in [0.1, 0.15) is 18.6 Å². The van der Waals surface area contributed by atoms with Crippen molar-refractivity contribution >= 4 is 11.9 Å². The normalized spacial score (nSPS) is 20.8. The first-order chi connectivity index (χ1) is 7.75. The molecule has 1 atom stereocenters. The predicted molar refractivity (Wildman–Crippen MR) is 58.6 cm³/mol. The Morgan fingerprint density at radius 1 is 1.38 bits per heavy atom. The Kier molecular flexibility index (Phi) is 3.00. The summed E-state index contributed by atoms with van der Waals surface area (Å²) in [6.45, 7) is 1.29. The highest BCUT2D eigenvalue weighted by molar-refractivity contribution is 5.90. The fourth-order valence-electron chi connectivity index (χ4n) is 1.36. The van der Waals surface area contributed by atoms with E-state index in [0.29, 0.717) is 5.90 Å². The number of benzene rings is 1.